The van der Waals surface area contributed by atoms with Crippen LogP contribution in [-0.2, 0) is 19.5 Å². The summed E-state index contributed by atoms with van der Waals surface area (Å²) in [5.74, 6) is -0.553. The van der Waals surface area contributed by atoms with E-state index in [1.807, 2.05) is 0 Å². The SMILES string of the molecule is O=S(=O)(c1cc(Br)c(Br)s1)N1CCC2(CC1)OCCO2. The van der Waals surface area contributed by atoms with Crippen molar-refractivity contribution in [3.8, 4) is 0 Å². The molecule has 2 fully saturated rings. The van der Waals surface area contributed by atoms with Crippen LogP contribution in [0.15, 0.2) is 18.5 Å². The fraction of sp³-hybridized carbons (Fsp3) is 0.636. The first-order valence-electron chi connectivity index (χ1n) is 6.16. The molecule has 0 bridgehead atoms. The van der Waals surface area contributed by atoms with E-state index >= 15 is 0 Å². The van der Waals surface area contributed by atoms with E-state index in [2.05, 4.69) is 31.9 Å². The summed E-state index contributed by atoms with van der Waals surface area (Å²) in [6.45, 7) is 2.04. The Hall–Kier alpha value is 0.490. The van der Waals surface area contributed by atoms with Crippen LogP contribution in [0.1, 0.15) is 12.8 Å². The van der Waals surface area contributed by atoms with Crippen molar-refractivity contribution in [2.75, 3.05) is 26.3 Å². The highest BCUT2D eigenvalue weighted by atomic mass is 79.9. The van der Waals surface area contributed by atoms with E-state index in [-0.39, 0.29) is 0 Å². The zero-order valence-electron chi connectivity index (χ0n) is 10.5. The van der Waals surface area contributed by atoms with Crippen LogP contribution in [0, 0.1) is 0 Å². The maximum Gasteiger partial charge on any atom is 0.252 e. The lowest BCUT2D eigenvalue weighted by Crippen LogP contribution is -2.47. The zero-order valence-corrected chi connectivity index (χ0v) is 15.3. The second kappa shape index (κ2) is 5.60. The predicted octanol–water partition coefficient (Wildman–Crippen LogP) is 2.80. The van der Waals surface area contributed by atoms with Crippen molar-refractivity contribution in [2.24, 2.45) is 0 Å². The van der Waals surface area contributed by atoms with Crippen LogP contribution in [0.2, 0.25) is 0 Å². The average molecular weight is 447 g/mol. The van der Waals surface area contributed by atoms with Crippen molar-refractivity contribution < 1.29 is 17.9 Å². The number of piperidine rings is 1. The summed E-state index contributed by atoms with van der Waals surface area (Å²) in [5.41, 5.74) is 0. The topological polar surface area (TPSA) is 55.8 Å². The van der Waals surface area contributed by atoms with Gasteiger partial charge in [0, 0.05) is 30.4 Å². The molecule has 5 nitrogen and oxygen atoms in total. The molecule has 0 aromatic carbocycles. The molecule has 112 valence electrons. The third-order valence-electron chi connectivity index (χ3n) is 3.51. The third-order valence-corrected chi connectivity index (χ3v) is 9.12. The molecule has 0 radical (unpaired) electrons. The van der Waals surface area contributed by atoms with Gasteiger partial charge in [-0.3, -0.25) is 0 Å². The number of thiophene rings is 1. The highest BCUT2D eigenvalue weighted by Gasteiger charge is 2.43. The Morgan fingerprint density at radius 3 is 2.30 bits per heavy atom. The second-order valence-electron chi connectivity index (χ2n) is 4.70. The van der Waals surface area contributed by atoms with E-state index in [1.165, 1.54) is 15.6 Å². The molecule has 0 amide bonds. The van der Waals surface area contributed by atoms with Gasteiger partial charge in [0.15, 0.2) is 5.79 Å². The van der Waals surface area contributed by atoms with Crippen LogP contribution in [0.5, 0.6) is 0 Å². The molecule has 3 rings (SSSR count). The van der Waals surface area contributed by atoms with Gasteiger partial charge in [-0.2, -0.15) is 4.31 Å². The monoisotopic (exact) mass is 445 g/mol. The summed E-state index contributed by atoms with van der Waals surface area (Å²) in [5, 5.41) is 0. The van der Waals surface area contributed by atoms with E-state index in [1.54, 1.807) is 6.07 Å². The molecule has 9 heteroatoms. The molecule has 3 heterocycles. The van der Waals surface area contributed by atoms with E-state index < -0.39 is 15.8 Å². The fourth-order valence-electron chi connectivity index (χ4n) is 2.43. The molecule has 0 aliphatic carbocycles. The van der Waals surface area contributed by atoms with Crippen molar-refractivity contribution in [1.29, 1.82) is 0 Å². The van der Waals surface area contributed by atoms with Crippen molar-refractivity contribution in [2.45, 2.75) is 22.8 Å². The predicted molar refractivity (Wildman–Crippen MR) is 82.3 cm³/mol. The van der Waals surface area contributed by atoms with Gasteiger partial charge in [0.25, 0.3) is 10.0 Å². The van der Waals surface area contributed by atoms with Gasteiger partial charge < -0.3 is 9.47 Å². The first kappa shape index (κ1) is 15.4. The lowest BCUT2D eigenvalue weighted by molar-refractivity contribution is -0.179. The van der Waals surface area contributed by atoms with Gasteiger partial charge in [-0.1, -0.05) is 0 Å². The molecule has 1 aromatic rings. The number of sulfonamides is 1. The summed E-state index contributed by atoms with van der Waals surface area (Å²) >= 11 is 7.87. The van der Waals surface area contributed by atoms with Gasteiger partial charge in [-0.25, -0.2) is 8.42 Å². The van der Waals surface area contributed by atoms with E-state index in [0.29, 0.717) is 43.4 Å². The minimum absolute atomic E-state index is 0.348. The number of rotatable bonds is 2. The summed E-state index contributed by atoms with van der Waals surface area (Å²) in [4.78, 5) is 0. The number of hydrogen-bond donors (Lipinski definition) is 0. The Balaban J connectivity index is 1.76. The van der Waals surface area contributed by atoms with Crippen molar-refractivity contribution in [3.63, 3.8) is 0 Å². The van der Waals surface area contributed by atoms with E-state index in [9.17, 15) is 8.42 Å². The molecule has 0 N–H and O–H groups in total. The molecule has 2 aliphatic heterocycles. The quantitative estimate of drug-likeness (QED) is 0.700. The number of ether oxygens (including phenoxy) is 2. The molecular formula is C11H13Br2NO4S2. The second-order valence-corrected chi connectivity index (χ2v) is 10.1. The standard InChI is InChI=1S/C11H13Br2NO4S2/c12-8-7-9(19-10(8)13)20(15,16)14-3-1-11(2-4-14)17-5-6-18-11/h7H,1-6H2. The molecule has 0 atom stereocenters. The number of hydrogen-bond acceptors (Lipinski definition) is 5. The molecule has 2 saturated heterocycles. The highest BCUT2D eigenvalue weighted by molar-refractivity contribution is 9.13. The zero-order chi connectivity index (χ0) is 14.4. The van der Waals surface area contributed by atoms with Crippen LogP contribution < -0.4 is 0 Å². The minimum Gasteiger partial charge on any atom is -0.347 e. The van der Waals surface area contributed by atoms with Crippen LogP contribution in [-0.4, -0.2) is 44.8 Å². The molecule has 1 spiro atoms. The van der Waals surface area contributed by atoms with Gasteiger partial charge in [-0.15, -0.1) is 11.3 Å². The summed E-state index contributed by atoms with van der Waals surface area (Å²) < 4.78 is 39.8. The Morgan fingerprint density at radius 2 is 1.80 bits per heavy atom. The van der Waals surface area contributed by atoms with Crippen LogP contribution in [0.25, 0.3) is 0 Å². The normalized spacial score (nSPS) is 23.5. The van der Waals surface area contributed by atoms with Crippen molar-refractivity contribution in [1.82, 2.24) is 4.31 Å². The smallest absolute Gasteiger partial charge is 0.252 e. The molecule has 2 aliphatic rings. The maximum atomic E-state index is 12.6. The summed E-state index contributed by atoms with van der Waals surface area (Å²) in [6.07, 6.45) is 1.17. The van der Waals surface area contributed by atoms with Gasteiger partial charge >= 0.3 is 0 Å². The lowest BCUT2D eigenvalue weighted by atomic mass is 10.1. The number of halogens is 2. The van der Waals surface area contributed by atoms with Gasteiger partial charge in [0.05, 0.1) is 17.0 Å². The molecule has 1 aromatic heterocycles. The average Bonchev–Trinajstić information content (AvgIpc) is 2.99. The first-order chi connectivity index (χ1) is 9.43. The van der Waals surface area contributed by atoms with Crippen LogP contribution in [0.4, 0.5) is 0 Å². The van der Waals surface area contributed by atoms with Crippen molar-refractivity contribution in [3.05, 3.63) is 14.3 Å². The van der Waals surface area contributed by atoms with Gasteiger partial charge in [0.2, 0.25) is 0 Å². The summed E-state index contributed by atoms with van der Waals surface area (Å²) in [7, 11) is -3.43. The Kier molecular flexibility index (Phi) is 4.31. The largest absolute Gasteiger partial charge is 0.347 e. The van der Waals surface area contributed by atoms with Gasteiger partial charge in [0.1, 0.15) is 4.21 Å². The molecule has 0 saturated carbocycles. The maximum absolute atomic E-state index is 12.6. The van der Waals surface area contributed by atoms with E-state index in [4.69, 9.17) is 9.47 Å². The highest BCUT2D eigenvalue weighted by Crippen LogP contribution is 2.38. The third kappa shape index (κ3) is 2.73. The van der Waals surface area contributed by atoms with Crippen LogP contribution >= 0.6 is 43.2 Å². The molecule has 0 unspecified atom stereocenters. The molecule has 20 heavy (non-hydrogen) atoms. The number of nitrogens with zero attached hydrogens (tertiary/aromatic N) is 1. The van der Waals surface area contributed by atoms with Crippen molar-refractivity contribution >= 4 is 53.2 Å². The Labute approximate surface area is 138 Å². The fourth-order valence-corrected chi connectivity index (χ4v) is 6.85. The van der Waals surface area contributed by atoms with Crippen LogP contribution in [0.3, 0.4) is 0 Å². The van der Waals surface area contributed by atoms with Gasteiger partial charge in [-0.05, 0) is 37.9 Å². The minimum atomic E-state index is -3.43. The summed E-state index contributed by atoms with van der Waals surface area (Å²) in [6, 6.07) is 1.64. The van der Waals surface area contributed by atoms with E-state index in [0.717, 1.165) is 8.26 Å². The Bertz CT molecular complexity index is 580. The lowest BCUT2D eigenvalue weighted by Gasteiger charge is -2.36. The first-order valence-corrected chi connectivity index (χ1v) is 10.0. The Morgan fingerprint density at radius 1 is 1.20 bits per heavy atom. The molecular weight excluding hydrogens is 434 g/mol.